The number of carboxylic acids is 2. The van der Waals surface area contributed by atoms with Gasteiger partial charge in [-0.1, -0.05) is 134 Å². The van der Waals surface area contributed by atoms with E-state index in [1.54, 1.807) is 55.6 Å². The Hall–Kier alpha value is -4.31. The molecule has 1 saturated carbocycles. The normalized spacial score (nSPS) is 12.6. The second kappa shape index (κ2) is 24.1. The summed E-state index contributed by atoms with van der Waals surface area (Å²) >= 11 is 1.12. The molecule has 5 N–H and O–H groups in total. The van der Waals surface area contributed by atoms with E-state index in [2.05, 4.69) is 12.2 Å². The lowest BCUT2D eigenvalue weighted by Crippen LogP contribution is -2.28. The Morgan fingerprint density at radius 2 is 1.30 bits per heavy atom. The number of thioether (sulfide) groups is 1. The van der Waals surface area contributed by atoms with Gasteiger partial charge in [0.05, 0.1) is 29.1 Å². The molecule has 1 unspecified atom stereocenters. The molecule has 0 aliphatic heterocycles. The minimum atomic E-state index is -1.33. The maximum Gasteiger partial charge on any atom is 0.335 e. The summed E-state index contributed by atoms with van der Waals surface area (Å²) in [5, 5.41) is 20.5. The molecule has 1 fully saturated rings. The number of rotatable bonds is 24. The van der Waals surface area contributed by atoms with Gasteiger partial charge < -0.3 is 26.0 Å². The average Bonchev–Trinajstić information content (AvgIpc) is 3.98. The number of anilines is 1. The lowest BCUT2D eigenvalue weighted by atomic mass is 10.0. The molecule has 3 aromatic carbocycles. The number of methoxy groups -OCH3 is 1. The number of carboxylic acid groups (broad SMARTS) is 2. The second-order valence-electron chi connectivity index (χ2n) is 13.9. The van der Waals surface area contributed by atoms with Crippen LogP contribution < -0.4 is 15.8 Å². The molecule has 4 rings (SSSR count). The highest BCUT2D eigenvalue weighted by molar-refractivity contribution is 8.00. The molecule has 2 amide bonds. The van der Waals surface area contributed by atoms with Crippen LogP contribution in [0.5, 0.6) is 5.75 Å². The van der Waals surface area contributed by atoms with Crippen molar-refractivity contribution >= 4 is 41.2 Å². The van der Waals surface area contributed by atoms with Crippen LogP contribution in [-0.4, -0.2) is 46.3 Å². The van der Waals surface area contributed by atoms with Crippen molar-refractivity contribution in [3.63, 3.8) is 0 Å². The van der Waals surface area contributed by atoms with Crippen molar-refractivity contribution in [3.05, 3.63) is 89.0 Å². The van der Waals surface area contributed by atoms with Gasteiger partial charge in [-0.15, -0.1) is 11.8 Å². The van der Waals surface area contributed by atoms with Crippen LogP contribution in [0, 0.1) is 5.92 Å². The topological polar surface area (TPSA) is 156 Å². The molecule has 1 aliphatic rings. The number of amides is 2. The zero-order chi connectivity index (χ0) is 38.4. The van der Waals surface area contributed by atoms with Crippen molar-refractivity contribution in [3.8, 4) is 5.75 Å². The third-order valence-corrected chi connectivity index (χ3v) is 10.7. The minimum Gasteiger partial charge on any atom is -0.497 e. The number of carbonyl (C=O) groups excluding carboxylic acids is 2. The number of hydrogen-bond donors (Lipinski definition) is 4. The first-order chi connectivity index (χ1) is 25.6. The highest BCUT2D eigenvalue weighted by atomic mass is 32.2. The Bertz CT molecular complexity index is 1560. The van der Waals surface area contributed by atoms with E-state index in [0.717, 1.165) is 29.3 Å². The van der Waals surface area contributed by atoms with Crippen LogP contribution in [0.1, 0.15) is 146 Å². The van der Waals surface area contributed by atoms with Crippen molar-refractivity contribution in [2.24, 2.45) is 11.7 Å². The first-order valence-electron chi connectivity index (χ1n) is 19.2. The molecule has 1 atom stereocenters. The number of nitrogens with one attached hydrogen (secondary N) is 1. The third-order valence-electron chi connectivity index (χ3n) is 9.40. The van der Waals surface area contributed by atoms with E-state index in [1.165, 1.54) is 115 Å². The molecular formula is C43H58N2O7S. The molecule has 0 bridgehead atoms. The van der Waals surface area contributed by atoms with Crippen molar-refractivity contribution < 1.29 is 34.1 Å². The number of unbranched alkanes of at least 4 members (excludes halogenated alkanes) is 12. The Balaban J connectivity index is 0.000000353. The standard InChI is InChI=1S/C25H22N2O7S.C18H36/c1-34-18-8-6-14(7-9-18)10-21(35-20-5-3-2-4-19(20)22(26)28)23(29)27-17-12-15(24(30)31)11-16(13-17)25(32)33;1-2-3-4-5-6-7-8-9-10-11-12-13-14-15-18-16-17-18/h2-9,11-13,21H,10H2,1H3,(H2,26,28)(H,27,29)(H,30,31)(H,32,33);18H,2-17H2,1H3. The summed E-state index contributed by atoms with van der Waals surface area (Å²) in [6.07, 6.45) is 24.1. The van der Waals surface area contributed by atoms with Gasteiger partial charge in [0, 0.05) is 10.6 Å². The predicted octanol–water partition coefficient (Wildman–Crippen LogP) is 10.4. The fourth-order valence-corrected chi connectivity index (χ4v) is 7.32. The van der Waals surface area contributed by atoms with E-state index in [0.29, 0.717) is 10.6 Å². The van der Waals surface area contributed by atoms with Crippen LogP contribution in [0.25, 0.3) is 0 Å². The van der Waals surface area contributed by atoms with Crippen molar-refractivity contribution in [2.75, 3.05) is 12.4 Å². The van der Waals surface area contributed by atoms with Gasteiger partial charge in [-0.25, -0.2) is 9.59 Å². The van der Waals surface area contributed by atoms with Gasteiger partial charge in [0.25, 0.3) is 0 Å². The second-order valence-corrected chi connectivity index (χ2v) is 15.1. The Kier molecular flexibility index (Phi) is 19.6. The Morgan fingerprint density at radius 3 is 1.79 bits per heavy atom. The summed E-state index contributed by atoms with van der Waals surface area (Å²) < 4.78 is 5.17. The van der Waals surface area contributed by atoms with Gasteiger partial charge in [-0.2, -0.15) is 0 Å². The molecule has 0 spiro atoms. The van der Waals surface area contributed by atoms with Crippen LogP contribution in [0.4, 0.5) is 5.69 Å². The lowest BCUT2D eigenvalue weighted by Gasteiger charge is -2.18. The molecule has 1 aliphatic carbocycles. The molecule has 0 saturated heterocycles. The maximum absolute atomic E-state index is 13.3. The van der Waals surface area contributed by atoms with E-state index in [4.69, 9.17) is 10.5 Å². The number of nitrogens with two attached hydrogens (primary N) is 1. The van der Waals surface area contributed by atoms with Gasteiger partial charge >= 0.3 is 11.9 Å². The van der Waals surface area contributed by atoms with Crippen LogP contribution in [0.2, 0.25) is 0 Å². The van der Waals surface area contributed by atoms with Gasteiger partial charge in [-0.3, -0.25) is 9.59 Å². The highest BCUT2D eigenvalue weighted by Gasteiger charge is 2.24. The summed E-state index contributed by atoms with van der Waals surface area (Å²) in [7, 11) is 1.54. The summed E-state index contributed by atoms with van der Waals surface area (Å²) in [4.78, 5) is 48.5. The number of ether oxygens (including phenoxy) is 1. The number of carbonyl (C=O) groups is 4. The molecule has 10 heteroatoms. The van der Waals surface area contributed by atoms with Crippen molar-refractivity contribution in [1.29, 1.82) is 0 Å². The maximum atomic E-state index is 13.3. The molecule has 3 aromatic rings. The largest absolute Gasteiger partial charge is 0.497 e. The monoisotopic (exact) mass is 746 g/mol. The summed E-state index contributed by atoms with van der Waals surface area (Å²) in [5.41, 5.74) is 6.01. The lowest BCUT2D eigenvalue weighted by molar-refractivity contribution is -0.115. The van der Waals surface area contributed by atoms with Crippen molar-refractivity contribution in [2.45, 2.75) is 126 Å². The van der Waals surface area contributed by atoms with Crippen molar-refractivity contribution in [1.82, 2.24) is 0 Å². The van der Waals surface area contributed by atoms with Gasteiger partial charge in [0.2, 0.25) is 11.8 Å². The zero-order valence-corrected chi connectivity index (χ0v) is 32.3. The zero-order valence-electron chi connectivity index (χ0n) is 31.4. The third kappa shape index (κ3) is 16.9. The smallest absolute Gasteiger partial charge is 0.335 e. The van der Waals surface area contributed by atoms with Crippen LogP contribution in [0.15, 0.2) is 71.6 Å². The predicted molar refractivity (Wildman–Crippen MR) is 213 cm³/mol. The van der Waals surface area contributed by atoms with Gasteiger partial charge in [-0.05, 0) is 60.4 Å². The van der Waals surface area contributed by atoms with Gasteiger partial charge in [0.15, 0.2) is 0 Å². The van der Waals surface area contributed by atoms with E-state index in [1.807, 2.05) is 0 Å². The number of aromatic carboxylic acids is 2. The number of hydrogen-bond acceptors (Lipinski definition) is 6. The summed E-state index contributed by atoms with van der Waals surface area (Å²) in [5.74, 6) is -2.02. The molecular weight excluding hydrogens is 689 g/mol. The van der Waals surface area contributed by atoms with Crippen LogP contribution in [0.3, 0.4) is 0 Å². The fraction of sp³-hybridized carbons (Fsp3) is 0.488. The highest BCUT2D eigenvalue weighted by Crippen LogP contribution is 2.34. The molecule has 0 radical (unpaired) electrons. The SMILES string of the molecule is CCCCCCCCCCCCCCCC1CC1.COc1ccc(CC(Sc2ccccc2C(N)=O)C(=O)Nc2cc(C(=O)O)cc(C(=O)O)c2)cc1. The molecule has 9 nitrogen and oxygen atoms in total. The van der Waals surface area contributed by atoms with Crippen LogP contribution in [-0.2, 0) is 11.2 Å². The quantitative estimate of drug-likeness (QED) is 0.0521. The molecule has 53 heavy (non-hydrogen) atoms. The first kappa shape index (κ1) is 43.1. The Labute approximate surface area is 319 Å². The number of primary amides is 1. The first-order valence-corrected chi connectivity index (χ1v) is 20.1. The van der Waals surface area contributed by atoms with Crippen LogP contribution >= 0.6 is 11.8 Å². The molecule has 0 aromatic heterocycles. The molecule has 0 heterocycles. The fourth-order valence-electron chi connectivity index (χ4n) is 6.12. The average molecular weight is 747 g/mol. The van der Waals surface area contributed by atoms with E-state index in [9.17, 15) is 29.4 Å². The van der Waals surface area contributed by atoms with E-state index in [-0.39, 0.29) is 28.8 Å². The molecule has 288 valence electrons. The Morgan fingerprint density at radius 1 is 0.774 bits per heavy atom. The van der Waals surface area contributed by atoms with E-state index < -0.39 is 29.0 Å². The summed E-state index contributed by atoms with van der Waals surface area (Å²) in [6.45, 7) is 2.30. The number of benzene rings is 3. The summed E-state index contributed by atoms with van der Waals surface area (Å²) in [6, 6.07) is 17.1. The van der Waals surface area contributed by atoms with E-state index >= 15 is 0 Å². The van der Waals surface area contributed by atoms with Gasteiger partial charge in [0.1, 0.15) is 5.75 Å². The minimum absolute atomic E-state index is 0.0239.